The van der Waals surface area contributed by atoms with Gasteiger partial charge in [0.05, 0.1) is 0 Å². The number of rotatable bonds is 5. The molecule has 0 aliphatic heterocycles. The number of hydrogen-bond acceptors (Lipinski definition) is 5. The van der Waals surface area contributed by atoms with Gasteiger partial charge in [0.15, 0.2) is 0 Å². The summed E-state index contributed by atoms with van der Waals surface area (Å²) in [7, 11) is 0. The number of amides is 2. The maximum Gasteiger partial charge on any atom is 0.249 e. The molecule has 1 aromatic rings. The summed E-state index contributed by atoms with van der Waals surface area (Å²) in [4.78, 5) is 23.9. The van der Waals surface area contributed by atoms with Gasteiger partial charge in [-0.2, -0.15) is 0 Å². The molecule has 26 heavy (non-hydrogen) atoms. The van der Waals surface area contributed by atoms with Crippen molar-refractivity contribution in [2.75, 3.05) is 5.32 Å². The second kappa shape index (κ2) is 6.59. The fourth-order valence-corrected chi connectivity index (χ4v) is 6.76. The third-order valence-corrected chi connectivity index (χ3v) is 7.54. The summed E-state index contributed by atoms with van der Waals surface area (Å²) in [5, 5.41) is 16.0. The summed E-state index contributed by atoms with van der Waals surface area (Å²) in [5.74, 6) is 2.15. The molecular weight excluding hydrogens is 348 g/mol. The maximum absolute atomic E-state index is 12.6. The first kappa shape index (κ1) is 17.9. The number of hydrogen-bond donors (Lipinski definition) is 2. The van der Waals surface area contributed by atoms with E-state index in [9.17, 15) is 9.59 Å². The second-order valence-electron chi connectivity index (χ2n) is 9.02. The van der Waals surface area contributed by atoms with Crippen LogP contribution >= 0.6 is 11.3 Å². The molecule has 4 aliphatic carbocycles. The van der Waals surface area contributed by atoms with Crippen LogP contribution in [0, 0.1) is 23.7 Å². The Morgan fingerprint density at radius 3 is 2.15 bits per heavy atom. The zero-order chi connectivity index (χ0) is 18.5. The number of nitrogens with one attached hydrogen (secondary N) is 2. The topological polar surface area (TPSA) is 84.0 Å². The number of aromatic nitrogens is 2. The van der Waals surface area contributed by atoms with Gasteiger partial charge in [0.2, 0.25) is 16.9 Å². The average molecular weight is 377 g/mol. The summed E-state index contributed by atoms with van der Waals surface area (Å²) in [6.45, 7) is 5.26. The van der Waals surface area contributed by atoms with Gasteiger partial charge in [-0.15, -0.1) is 10.2 Å². The minimum absolute atomic E-state index is 0.00875. The minimum atomic E-state index is -0.556. The Morgan fingerprint density at radius 2 is 1.65 bits per heavy atom. The molecule has 4 aliphatic rings. The molecule has 4 fully saturated rings. The van der Waals surface area contributed by atoms with Crippen molar-refractivity contribution < 1.29 is 9.59 Å². The van der Waals surface area contributed by atoms with Gasteiger partial charge in [-0.05, 0) is 62.2 Å². The lowest BCUT2D eigenvalue weighted by Crippen LogP contribution is -2.48. The summed E-state index contributed by atoms with van der Waals surface area (Å²) < 4.78 is 0. The molecule has 0 spiro atoms. The molecule has 7 heteroatoms. The van der Waals surface area contributed by atoms with Crippen molar-refractivity contribution in [2.24, 2.45) is 23.7 Å². The largest absolute Gasteiger partial charge is 0.344 e. The highest BCUT2D eigenvalue weighted by atomic mass is 32.1. The van der Waals surface area contributed by atoms with Crippen molar-refractivity contribution in [3.05, 3.63) is 5.01 Å². The molecule has 4 saturated carbocycles. The van der Waals surface area contributed by atoms with Crippen LogP contribution in [-0.2, 0) is 15.0 Å². The lowest BCUT2D eigenvalue weighted by Gasteiger charge is -2.55. The van der Waals surface area contributed by atoms with Crippen LogP contribution in [0.25, 0.3) is 0 Å². The smallest absolute Gasteiger partial charge is 0.249 e. The second-order valence-corrected chi connectivity index (χ2v) is 10.00. The van der Waals surface area contributed by atoms with E-state index in [0.29, 0.717) is 5.13 Å². The highest BCUT2D eigenvalue weighted by Crippen LogP contribution is 2.61. The monoisotopic (exact) mass is 376 g/mol. The lowest BCUT2D eigenvalue weighted by molar-refractivity contribution is -0.126. The van der Waals surface area contributed by atoms with Gasteiger partial charge in [0.25, 0.3) is 0 Å². The molecule has 2 N–H and O–H groups in total. The van der Waals surface area contributed by atoms with E-state index in [2.05, 4.69) is 20.8 Å². The Balaban J connectivity index is 1.48. The molecule has 0 aromatic carbocycles. The van der Waals surface area contributed by atoms with Crippen LogP contribution in [0.2, 0.25) is 0 Å². The summed E-state index contributed by atoms with van der Waals surface area (Å²) in [5.41, 5.74) is 0.199. The van der Waals surface area contributed by atoms with Crippen LogP contribution in [0.4, 0.5) is 5.13 Å². The first-order chi connectivity index (χ1) is 12.3. The molecule has 1 atom stereocenters. The highest BCUT2D eigenvalue weighted by molar-refractivity contribution is 7.15. The van der Waals surface area contributed by atoms with Crippen molar-refractivity contribution in [2.45, 2.75) is 70.8 Å². The molecular formula is C19H28N4O2S. The molecule has 0 unspecified atom stereocenters. The number of nitrogens with zero attached hydrogens (tertiary/aromatic N) is 2. The van der Waals surface area contributed by atoms with E-state index in [1.165, 1.54) is 56.8 Å². The lowest BCUT2D eigenvalue weighted by atomic mass is 9.50. The Morgan fingerprint density at radius 1 is 1.08 bits per heavy atom. The standard InChI is InChI=1S/C19H28N4O2S/c1-10(2)15(20-11(3)24)16(25)21-18-23-22-17(26-18)19-7-12-4-13(8-19)6-14(5-12)9-19/h10,12-15H,4-9H2,1-3H3,(H,20,24)(H,21,23,25)/t12?,13?,14?,15-,19?/m1/s1. The summed E-state index contributed by atoms with van der Waals surface area (Å²) in [6, 6.07) is -0.556. The van der Waals surface area contributed by atoms with Gasteiger partial charge in [0.1, 0.15) is 11.0 Å². The zero-order valence-electron chi connectivity index (χ0n) is 15.7. The van der Waals surface area contributed by atoms with Crippen LogP contribution < -0.4 is 10.6 Å². The van der Waals surface area contributed by atoms with Crippen molar-refractivity contribution in [1.29, 1.82) is 0 Å². The van der Waals surface area contributed by atoms with Crippen molar-refractivity contribution >= 4 is 28.3 Å². The predicted molar refractivity (Wildman–Crippen MR) is 101 cm³/mol. The molecule has 1 aromatic heterocycles. The van der Waals surface area contributed by atoms with E-state index in [4.69, 9.17) is 0 Å². The fourth-order valence-electron chi connectivity index (χ4n) is 5.80. The quantitative estimate of drug-likeness (QED) is 0.827. The SMILES string of the molecule is CC(=O)N[C@@H](C(=O)Nc1nnc(C23CC4CC(CC(C4)C2)C3)s1)C(C)C. The Bertz CT molecular complexity index is 679. The maximum atomic E-state index is 12.6. The zero-order valence-corrected chi connectivity index (χ0v) is 16.6. The third-order valence-electron chi connectivity index (χ3n) is 6.45. The number of anilines is 1. The summed E-state index contributed by atoms with van der Waals surface area (Å²) in [6.07, 6.45) is 7.91. The first-order valence-corrected chi connectivity index (χ1v) is 10.6. The van der Waals surface area contributed by atoms with Gasteiger partial charge in [-0.1, -0.05) is 25.2 Å². The van der Waals surface area contributed by atoms with Crippen LogP contribution in [0.1, 0.15) is 64.3 Å². The van der Waals surface area contributed by atoms with Crippen molar-refractivity contribution in [1.82, 2.24) is 15.5 Å². The highest BCUT2D eigenvalue weighted by Gasteiger charge is 2.53. The first-order valence-electron chi connectivity index (χ1n) is 9.76. The van der Waals surface area contributed by atoms with Crippen molar-refractivity contribution in [3.63, 3.8) is 0 Å². The van der Waals surface area contributed by atoms with Crippen molar-refractivity contribution in [3.8, 4) is 0 Å². The van der Waals surface area contributed by atoms with Gasteiger partial charge in [-0.25, -0.2) is 0 Å². The van der Waals surface area contributed by atoms with Crippen LogP contribution in [0.3, 0.4) is 0 Å². The van der Waals surface area contributed by atoms with Crippen LogP contribution in [-0.4, -0.2) is 28.1 Å². The molecule has 5 rings (SSSR count). The summed E-state index contributed by atoms with van der Waals surface area (Å²) >= 11 is 1.53. The van der Waals surface area contributed by atoms with E-state index >= 15 is 0 Å². The third kappa shape index (κ3) is 3.26. The van der Waals surface area contributed by atoms with Crippen LogP contribution in [0.5, 0.6) is 0 Å². The normalized spacial score (nSPS) is 33.3. The van der Waals surface area contributed by atoms with E-state index in [0.717, 1.165) is 22.8 Å². The molecule has 4 bridgehead atoms. The molecule has 6 nitrogen and oxygen atoms in total. The molecule has 0 saturated heterocycles. The number of carbonyl (C=O) groups excluding carboxylic acids is 2. The van der Waals surface area contributed by atoms with Gasteiger partial charge >= 0.3 is 0 Å². The predicted octanol–water partition coefficient (Wildman–Crippen LogP) is 3.11. The molecule has 2 amide bonds. The minimum Gasteiger partial charge on any atom is -0.344 e. The Hall–Kier alpha value is -1.50. The Labute approximate surface area is 158 Å². The van der Waals surface area contributed by atoms with Gasteiger partial charge < -0.3 is 5.32 Å². The average Bonchev–Trinajstić information content (AvgIpc) is 3.00. The van der Waals surface area contributed by atoms with Crippen LogP contribution in [0.15, 0.2) is 0 Å². The Kier molecular flexibility index (Phi) is 4.53. The fraction of sp³-hybridized carbons (Fsp3) is 0.789. The molecule has 1 heterocycles. The van der Waals surface area contributed by atoms with E-state index in [-0.39, 0.29) is 23.1 Å². The van der Waals surface area contributed by atoms with Gasteiger partial charge in [0, 0.05) is 12.3 Å². The van der Waals surface area contributed by atoms with E-state index in [1.807, 2.05) is 13.8 Å². The molecule has 142 valence electrons. The van der Waals surface area contributed by atoms with Gasteiger partial charge in [-0.3, -0.25) is 14.9 Å². The van der Waals surface area contributed by atoms with E-state index in [1.54, 1.807) is 0 Å². The number of carbonyl (C=O) groups is 2. The molecule has 0 radical (unpaired) electrons. The van der Waals surface area contributed by atoms with E-state index < -0.39 is 6.04 Å².